The maximum absolute atomic E-state index is 12.1. The second kappa shape index (κ2) is 10.8. The molecule has 26 heavy (non-hydrogen) atoms. The molecule has 2 atom stereocenters. The van der Waals surface area contributed by atoms with Crippen LogP contribution in [-0.4, -0.2) is 36.6 Å². The quantitative estimate of drug-likeness (QED) is 0.824. The summed E-state index contributed by atoms with van der Waals surface area (Å²) >= 11 is 0. The zero-order chi connectivity index (χ0) is 19.7. The Hall–Kier alpha value is -2.04. The number of likely N-dealkylation sites (tertiary alicyclic amines) is 1. The average Bonchev–Trinajstić information content (AvgIpc) is 2.65. The molecule has 0 aromatic heterocycles. The molecule has 5 nitrogen and oxygen atoms in total. The highest BCUT2D eigenvalue weighted by Gasteiger charge is 2.31. The van der Waals surface area contributed by atoms with Crippen LogP contribution in [0.2, 0.25) is 0 Å². The fourth-order valence-electron chi connectivity index (χ4n) is 3.28. The molecule has 1 aliphatic rings. The molecule has 2 rings (SSSR count). The van der Waals surface area contributed by atoms with Crippen molar-refractivity contribution < 1.29 is 14.3 Å². The minimum atomic E-state index is -0.234. The van der Waals surface area contributed by atoms with E-state index in [9.17, 15) is 9.59 Å². The fourth-order valence-corrected chi connectivity index (χ4v) is 3.28. The summed E-state index contributed by atoms with van der Waals surface area (Å²) in [4.78, 5) is 25.6. The Morgan fingerprint density at radius 1 is 1.27 bits per heavy atom. The van der Waals surface area contributed by atoms with Crippen molar-refractivity contribution in [1.29, 1.82) is 0 Å². The van der Waals surface area contributed by atoms with Crippen LogP contribution in [0.5, 0.6) is 0 Å². The first-order chi connectivity index (χ1) is 12.5. The number of piperidine rings is 1. The number of amides is 2. The van der Waals surface area contributed by atoms with Crippen LogP contribution in [-0.2, 0) is 9.53 Å². The monoisotopic (exact) mass is 362 g/mol. The van der Waals surface area contributed by atoms with Crippen molar-refractivity contribution in [2.45, 2.75) is 60.3 Å². The number of benzene rings is 1. The molecule has 1 saturated heterocycles. The summed E-state index contributed by atoms with van der Waals surface area (Å²) in [6, 6.07) is 6.01. The van der Waals surface area contributed by atoms with E-state index in [-0.39, 0.29) is 17.9 Å². The van der Waals surface area contributed by atoms with Gasteiger partial charge < -0.3 is 15.0 Å². The van der Waals surface area contributed by atoms with E-state index in [1.165, 1.54) is 5.56 Å². The zero-order valence-electron chi connectivity index (χ0n) is 17.1. The number of ether oxygens (including phenoxy) is 1. The van der Waals surface area contributed by atoms with Crippen LogP contribution in [0, 0.1) is 12.8 Å². The lowest BCUT2D eigenvalue weighted by atomic mass is 9.80. The van der Waals surface area contributed by atoms with E-state index in [1.807, 2.05) is 46.8 Å². The smallest absolute Gasteiger partial charge is 0.409 e. The first-order valence-electron chi connectivity index (χ1n) is 9.78. The molecule has 0 spiro atoms. The molecule has 1 aromatic carbocycles. The summed E-state index contributed by atoms with van der Waals surface area (Å²) in [7, 11) is 0. The molecular weight excluding hydrogens is 328 g/mol. The molecule has 1 aliphatic heterocycles. The minimum absolute atomic E-state index is 0.0140. The van der Waals surface area contributed by atoms with E-state index in [4.69, 9.17) is 4.74 Å². The fraction of sp³-hybridized carbons (Fsp3) is 0.619. The molecule has 2 amide bonds. The Morgan fingerprint density at radius 3 is 2.58 bits per heavy atom. The van der Waals surface area contributed by atoms with Crippen LogP contribution in [0.1, 0.15) is 64.5 Å². The van der Waals surface area contributed by atoms with Crippen LogP contribution >= 0.6 is 0 Å². The number of nitrogens with one attached hydrogen (secondary N) is 1. The number of nitrogens with zero attached hydrogens (tertiary/aromatic N) is 1. The van der Waals surface area contributed by atoms with Gasteiger partial charge in [-0.3, -0.25) is 4.79 Å². The molecule has 5 heteroatoms. The van der Waals surface area contributed by atoms with E-state index in [1.54, 1.807) is 4.90 Å². The predicted octanol–water partition coefficient (Wildman–Crippen LogP) is 4.95. The average molecular weight is 363 g/mol. The Labute approximate surface area is 158 Å². The normalized spacial score (nSPS) is 19.2. The molecule has 0 radical (unpaired) electrons. The standard InChI is InChI=1S/C19H28N2O3.C2H6/c1-5-18(22)20-17-9-7-8-15(14(17)4)16-12-21(11-10-13(16)3)19(23)24-6-2;1-2/h7-9,13,16H,5-6,10-12H2,1-4H3,(H,20,22);1-2H3. The summed E-state index contributed by atoms with van der Waals surface area (Å²) in [5.41, 5.74) is 3.15. The number of carbonyl (C=O) groups excluding carboxylic acids is 2. The van der Waals surface area contributed by atoms with Crippen molar-refractivity contribution in [3.8, 4) is 0 Å². The number of anilines is 1. The lowest BCUT2D eigenvalue weighted by Gasteiger charge is -2.37. The molecule has 1 aromatic rings. The van der Waals surface area contributed by atoms with Gasteiger partial charge in [0.15, 0.2) is 0 Å². The Morgan fingerprint density at radius 2 is 1.96 bits per heavy atom. The van der Waals surface area contributed by atoms with Gasteiger partial charge in [-0.25, -0.2) is 4.79 Å². The number of hydrogen-bond donors (Lipinski definition) is 1. The number of carbonyl (C=O) groups is 2. The number of hydrogen-bond acceptors (Lipinski definition) is 3. The summed E-state index contributed by atoms with van der Waals surface area (Å²) in [6.07, 6.45) is 1.18. The van der Waals surface area contributed by atoms with Crippen molar-refractivity contribution in [2.75, 3.05) is 25.0 Å². The third-order valence-corrected chi connectivity index (χ3v) is 4.85. The minimum Gasteiger partial charge on any atom is -0.450 e. The summed E-state index contributed by atoms with van der Waals surface area (Å²) in [5.74, 6) is 0.744. The van der Waals surface area contributed by atoms with Crippen LogP contribution < -0.4 is 5.32 Å². The molecule has 0 saturated carbocycles. The molecule has 1 fully saturated rings. The van der Waals surface area contributed by atoms with Gasteiger partial charge in [-0.2, -0.15) is 0 Å². The topological polar surface area (TPSA) is 58.6 Å². The third kappa shape index (κ3) is 5.48. The highest BCUT2D eigenvalue weighted by Crippen LogP contribution is 2.36. The first-order valence-corrected chi connectivity index (χ1v) is 9.78. The Kier molecular flexibility index (Phi) is 9.17. The van der Waals surface area contributed by atoms with Gasteiger partial charge in [-0.05, 0) is 43.4 Å². The lowest BCUT2D eigenvalue weighted by Crippen LogP contribution is -2.42. The second-order valence-corrected chi connectivity index (χ2v) is 6.44. The third-order valence-electron chi connectivity index (χ3n) is 4.85. The highest BCUT2D eigenvalue weighted by atomic mass is 16.6. The maximum Gasteiger partial charge on any atom is 0.409 e. The van der Waals surface area contributed by atoms with Gasteiger partial charge in [0.25, 0.3) is 0 Å². The van der Waals surface area contributed by atoms with Crippen molar-refractivity contribution in [2.24, 2.45) is 5.92 Å². The predicted molar refractivity (Wildman–Crippen MR) is 107 cm³/mol. The van der Waals surface area contributed by atoms with Crippen molar-refractivity contribution in [3.63, 3.8) is 0 Å². The van der Waals surface area contributed by atoms with Gasteiger partial charge in [0.2, 0.25) is 5.91 Å². The lowest BCUT2D eigenvalue weighted by molar-refractivity contribution is -0.115. The molecule has 146 valence electrons. The van der Waals surface area contributed by atoms with Gasteiger partial charge in [-0.1, -0.05) is 39.8 Å². The molecule has 1 heterocycles. The van der Waals surface area contributed by atoms with Crippen LogP contribution in [0.3, 0.4) is 0 Å². The first kappa shape index (κ1) is 22.0. The Balaban J connectivity index is 0.00000163. The highest BCUT2D eigenvalue weighted by molar-refractivity contribution is 5.91. The molecule has 2 unspecified atom stereocenters. The molecule has 0 aliphatic carbocycles. The SMILES string of the molecule is CC.CCOC(=O)N1CCC(C)C(c2cccc(NC(=O)CC)c2C)C1. The second-order valence-electron chi connectivity index (χ2n) is 6.44. The van der Waals surface area contributed by atoms with E-state index >= 15 is 0 Å². The molecular formula is C21H34N2O3. The van der Waals surface area contributed by atoms with Crippen molar-refractivity contribution in [1.82, 2.24) is 4.90 Å². The van der Waals surface area contributed by atoms with Crippen LogP contribution in [0.15, 0.2) is 18.2 Å². The van der Waals surface area contributed by atoms with Crippen LogP contribution in [0.25, 0.3) is 0 Å². The van der Waals surface area contributed by atoms with Crippen molar-refractivity contribution >= 4 is 17.7 Å². The van der Waals surface area contributed by atoms with Gasteiger partial charge in [-0.15, -0.1) is 0 Å². The van der Waals surface area contributed by atoms with E-state index < -0.39 is 0 Å². The van der Waals surface area contributed by atoms with Gasteiger partial charge in [0, 0.05) is 31.1 Å². The largest absolute Gasteiger partial charge is 0.450 e. The summed E-state index contributed by atoms with van der Waals surface area (Å²) in [6.45, 7) is 13.7. The van der Waals surface area contributed by atoms with Crippen molar-refractivity contribution in [3.05, 3.63) is 29.3 Å². The summed E-state index contributed by atoms with van der Waals surface area (Å²) in [5, 5.41) is 2.96. The molecule has 1 N–H and O–H groups in total. The van der Waals surface area contributed by atoms with Gasteiger partial charge in [0.05, 0.1) is 6.61 Å². The van der Waals surface area contributed by atoms with E-state index in [0.29, 0.717) is 25.5 Å². The maximum atomic E-state index is 12.1. The van der Waals surface area contributed by atoms with Gasteiger partial charge in [0.1, 0.15) is 0 Å². The zero-order valence-corrected chi connectivity index (χ0v) is 17.1. The van der Waals surface area contributed by atoms with E-state index in [2.05, 4.69) is 18.3 Å². The summed E-state index contributed by atoms with van der Waals surface area (Å²) < 4.78 is 5.15. The van der Waals surface area contributed by atoms with Crippen LogP contribution in [0.4, 0.5) is 10.5 Å². The van der Waals surface area contributed by atoms with E-state index in [0.717, 1.165) is 24.2 Å². The number of rotatable bonds is 4. The Bertz CT molecular complexity index is 601. The van der Waals surface area contributed by atoms with Gasteiger partial charge >= 0.3 is 6.09 Å². The molecule has 0 bridgehead atoms.